The molecule has 1 aliphatic heterocycles. The van der Waals surface area contributed by atoms with Gasteiger partial charge in [-0.2, -0.15) is 0 Å². The zero-order chi connectivity index (χ0) is 12.1. The van der Waals surface area contributed by atoms with Gasteiger partial charge in [0, 0.05) is 17.6 Å². The van der Waals surface area contributed by atoms with Crippen molar-refractivity contribution in [3.63, 3.8) is 0 Å². The van der Waals surface area contributed by atoms with Crippen LogP contribution >= 0.6 is 11.6 Å². The molecule has 0 spiro atoms. The van der Waals surface area contributed by atoms with Gasteiger partial charge in [-0.05, 0) is 31.0 Å². The molecule has 92 valence electrons. The highest BCUT2D eigenvalue weighted by molar-refractivity contribution is 6.30. The van der Waals surface area contributed by atoms with Crippen LogP contribution in [0.2, 0.25) is 5.02 Å². The summed E-state index contributed by atoms with van der Waals surface area (Å²) < 4.78 is 5.44. The molecule has 1 aromatic carbocycles. The predicted octanol–water partition coefficient (Wildman–Crippen LogP) is 3.12. The van der Waals surface area contributed by atoms with E-state index in [1.165, 1.54) is 11.1 Å². The Kier molecular flexibility index (Phi) is 4.60. The number of rotatable bonds is 3. The molecule has 0 aromatic heterocycles. The Morgan fingerprint density at radius 1 is 1.47 bits per heavy atom. The Bertz CT molecular complexity index is 380. The molecule has 0 radical (unpaired) electrons. The standard InChI is InChI=1S/C14H18ClNO/c1-11(9-14-10-17-7-6-16-14)8-12-2-4-13(15)5-3-12/h2-5,8,14,16H,6-7,9-10H2,1H3/b11-8-. The van der Waals surface area contributed by atoms with Gasteiger partial charge in [-0.15, -0.1) is 0 Å². The maximum atomic E-state index is 5.86. The average molecular weight is 252 g/mol. The number of benzene rings is 1. The lowest BCUT2D eigenvalue weighted by Crippen LogP contribution is -2.41. The van der Waals surface area contributed by atoms with Gasteiger partial charge in [0.1, 0.15) is 0 Å². The summed E-state index contributed by atoms with van der Waals surface area (Å²) >= 11 is 5.86. The lowest BCUT2D eigenvalue weighted by Gasteiger charge is -2.24. The van der Waals surface area contributed by atoms with Crippen molar-refractivity contribution in [2.75, 3.05) is 19.8 Å². The van der Waals surface area contributed by atoms with Gasteiger partial charge in [-0.1, -0.05) is 35.4 Å². The predicted molar refractivity (Wildman–Crippen MR) is 72.3 cm³/mol. The molecule has 2 nitrogen and oxygen atoms in total. The summed E-state index contributed by atoms with van der Waals surface area (Å²) in [7, 11) is 0. The molecule has 3 heteroatoms. The number of hydrogen-bond acceptors (Lipinski definition) is 2. The second-order valence-corrected chi connectivity index (χ2v) is 4.91. The van der Waals surface area contributed by atoms with Crippen LogP contribution in [0.5, 0.6) is 0 Å². The first-order valence-electron chi connectivity index (χ1n) is 5.98. The third-order valence-corrected chi connectivity index (χ3v) is 3.10. The second kappa shape index (κ2) is 6.20. The molecule has 0 saturated carbocycles. The molecule has 2 rings (SSSR count). The number of ether oxygens (including phenoxy) is 1. The third-order valence-electron chi connectivity index (χ3n) is 2.85. The van der Waals surface area contributed by atoms with Crippen LogP contribution in [0.15, 0.2) is 29.8 Å². The van der Waals surface area contributed by atoms with Crippen LogP contribution in [0, 0.1) is 0 Å². The normalized spacial score (nSPS) is 21.5. The molecule has 1 heterocycles. The van der Waals surface area contributed by atoms with Crippen LogP contribution in [0.1, 0.15) is 18.9 Å². The fourth-order valence-electron chi connectivity index (χ4n) is 2.04. The van der Waals surface area contributed by atoms with Crippen molar-refractivity contribution < 1.29 is 4.74 Å². The largest absolute Gasteiger partial charge is 0.379 e. The van der Waals surface area contributed by atoms with Gasteiger partial charge < -0.3 is 10.1 Å². The van der Waals surface area contributed by atoms with Crippen LogP contribution in [-0.2, 0) is 4.74 Å². The molecule has 1 saturated heterocycles. The van der Waals surface area contributed by atoms with E-state index in [4.69, 9.17) is 16.3 Å². The van der Waals surface area contributed by atoms with Gasteiger partial charge in [0.15, 0.2) is 0 Å². The van der Waals surface area contributed by atoms with Crippen molar-refractivity contribution in [3.8, 4) is 0 Å². The lowest BCUT2D eigenvalue weighted by molar-refractivity contribution is 0.0771. The Morgan fingerprint density at radius 3 is 2.88 bits per heavy atom. The third kappa shape index (κ3) is 4.15. The number of morpholine rings is 1. The van der Waals surface area contributed by atoms with E-state index in [2.05, 4.69) is 18.3 Å². The van der Waals surface area contributed by atoms with Crippen molar-refractivity contribution in [1.82, 2.24) is 5.32 Å². The minimum atomic E-state index is 0.451. The highest BCUT2D eigenvalue weighted by atomic mass is 35.5. The first-order chi connectivity index (χ1) is 8.24. The topological polar surface area (TPSA) is 21.3 Å². The van der Waals surface area contributed by atoms with E-state index in [1.807, 2.05) is 24.3 Å². The fourth-order valence-corrected chi connectivity index (χ4v) is 2.17. The molecule has 1 fully saturated rings. The summed E-state index contributed by atoms with van der Waals surface area (Å²) in [5, 5.41) is 4.24. The summed E-state index contributed by atoms with van der Waals surface area (Å²) in [5.41, 5.74) is 2.55. The Balaban J connectivity index is 1.93. The molecule has 1 atom stereocenters. The Hall–Kier alpha value is -0.830. The molecule has 0 aliphatic carbocycles. The van der Waals surface area contributed by atoms with Crippen LogP contribution in [0.25, 0.3) is 6.08 Å². The zero-order valence-electron chi connectivity index (χ0n) is 10.1. The summed E-state index contributed by atoms with van der Waals surface area (Å²) in [6.07, 6.45) is 3.23. The van der Waals surface area contributed by atoms with Gasteiger partial charge in [-0.3, -0.25) is 0 Å². The van der Waals surface area contributed by atoms with Crippen molar-refractivity contribution >= 4 is 17.7 Å². The summed E-state index contributed by atoms with van der Waals surface area (Å²) in [5.74, 6) is 0. The van der Waals surface area contributed by atoms with E-state index in [0.717, 1.165) is 31.2 Å². The molecule has 1 aliphatic rings. The fraction of sp³-hybridized carbons (Fsp3) is 0.429. The van der Waals surface area contributed by atoms with Gasteiger partial charge in [0.25, 0.3) is 0 Å². The van der Waals surface area contributed by atoms with Crippen LogP contribution in [0.3, 0.4) is 0 Å². The monoisotopic (exact) mass is 251 g/mol. The number of hydrogen-bond donors (Lipinski definition) is 1. The van der Waals surface area contributed by atoms with Crippen molar-refractivity contribution in [1.29, 1.82) is 0 Å². The number of nitrogens with one attached hydrogen (secondary N) is 1. The van der Waals surface area contributed by atoms with E-state index < -0.39 is 0 Å². The number of halogens is 1. The smallest absolute Gasteiger partial charge is 0.0623 e. The Morgan fingerprint density at radius 2 is 2.24 bits per heavy atom. The summed E-state index contributed by atoms with van der Waals surface area (Å²) in [6.45, 7) is 4.76. The Labute approximate surface area is 108 Å². The van der Waals surface area contributed by atoms with Crippen LogP contribution < -0.4 is 5.32 Å². The lowest BCUT2D eigenvalue weighted by atomic mass is 10.0. The molecule has 0 bridgehead atoms. The van der Waals surface area contributed by atoms with E-state index in [-0.39, 0.29) is 0 Å². The quantitative estimate of drug-likeness (QED) is 0.891. The van der Waals surface area contributed by atoms with Crippen molar-refractivity contribution in [2.45, 2.75) is 19.4 Å². The highest BCUT2D eigenvalue weighted by Gasteiger charge is 2.12. The highest BCUT2D eigenvalue weighted by Crippen LogP contribution is 2.15. The van der Waals surface area contributed by atoms with Gasteiger partial charge in [0.05, 0.1) is 13.2 Å². The first kappa shape index (κ1) is 12.6. The van der Waals surface area contributed by atoms with Crippen molar-refractivity contribution in [3.05, 3.63) is 40.4 Å². The van der Waals surface area contributed by atoms with E-state index in [0.29, 0.717) is 6.04 Å². The minimum absolute atomic E-state index is 0.451. The zero-order valence-corrected chi connectivity index (χ0v) is 10.8. The van der Waals surface area contributed by atoms with Gasteiger partial charge in [0.2, 0.25) is 0 Å². The van der Waals surface area contributed by atoms with Crippen LogP contribution in [-0.4, -0.2) is 25.8 Å². The van der Waals surface area contributed by atoms with Gasteiger partial charge in [-0.25, -0.2) is 0 Å². The molecule has 1 unspecified atom stereocenters. The van der Waals surface area contributed by atoms with Crippen LogP contribution in [0.4, 0.5) is 0 Å². The summed E-state index contributed by atoms with van der Waals surface area (Å²) in [4.78, 5) is 0. The summed E-state index contributed by atoms with van der Waals surface area (Å²) in [6, 6.07) is 8.37. The molecule has 17 heavy (non-hydrogen) atoms. The molecule has 0 amide bonds. The first-order valence-corrected chi connectivity index (χ1v) is 6.36. The molecule has 1 N–H and O–H groups in total. The van der Waals surface area contributed by atoms with E-state index in [9.17, 15) is 0 Å². The van der Waals surface area contributed by atoms with Gasteiger partial charge >= 0.3 is 0 Å². The van der Waals surface area contributed by atoms with Crippen molar-refractivity contribution in [2.24, 2.45) is 0 Å². The second-order valence-electron chi connectivity index (χ2n) is 4.47. The molecular weight excluding hydrogens is 234 g/mol. The van der Waals surface area contributed by atoms with E-state index in [1.54, 1.807) is 0 Å². The maximum absolute atomic E-state index is 5.86. The molecular formula is C14H18ClNO. The molecule has 1 aromatic rings. The maximum Gasteiger partial charge on any atom is 0.0623 e. The van der Waals surface area contributed by atoms with E-state index >= 15 is 0 Å². The SMILES string of the molecule is C/C(=C/c1ccc(Cl)cc1)CC1COCCN1. The minimum Gasteiger partial charge on any atom is -0.379 e. The average Bonchev–Trinajstić information content (AvgIpc) is 2.33.